The number of carbonyl (C=O) groups is 1. The van der Waals surface area contributed by atoms with E-state index >= 15 is 0 Å². The number of methoxy groups -OCH3 is 1. The SMILES string of the molecule is COC(=O)c1cc2c(=O)n(CCc3c[nH]c4ccc(C)cc34)ccc2nc1C. The second-order valence-electron chi connectivity index (χ2n) is 6.97. The van der Waals surface area contributed by atoms with Crippen molar-refractivity contribution in [1.29, 1.82) is 0 Å². The molecule has 1 N–H and O–H groups in total. The van der Waals surface area contributed by atoms with Crippen molar-refractivity contribution in [2.45, 2.75) is 26.8 Å². The van der Waals surface area contributed by atoms with Gasteiger partial charge in [-0.3, -0.25) is 9.78 Å². The fraction of sp³-hybridized carbons (Fsp3) is 0.227. The van der Waals surface area contributed by atoms with Crippen molar-refractivity contribution in [1.82, 2.24) is 14.5 Å². The predicted molar refractivity (Wildman–Crippen MR) is 109 cm³/mol. The van der Waals surface area contributed by atoms with Crippen LogP contribution in [0.15, 0.2) is 47.5 Å². The van der Waals surface area contributed by atoms with E-state index in [0.717, 1.165) is 11.9 Å². The molecule has 3 aromatic heterocycles. The summed E-state index contributed by atoms with van der Waals surface area (Å²) in [5, 5.41) is 1.60. The van der Waals surface area contributed by atoms with Crippen molar-refractivity contribution in [2.75, 3.05) is 7.11 Å². The van der Waals surface area contributed by atoms with E-state index in [1.165, 1.54) is 23.6 Å². The molecule has 4 aromatic rings. The minimum absolute atomic E-state index is 0.161. The first-order valence-corrected chi connectivity index (χ1v) is 9.13. The van der Waals surface area contributed by atoms with Gasteiger partial charge in [0.05, 0.1) is 29.3 Å². The van der Waals surface area contributed by atoms with Gasteiger partial charge in [-0.05, 0) is 50.1 Å². The molecule has 6 nitrogen and oxygen atoms in total. The van der Waals surface area contributed by atoms with Gasteiger partial charge in [-0.25, -0.2) is 4.79 Å². The van der Waals surface area contributed by atoms with Crippen LogP contribution in [0.3, 0.4) is 0 Å². The zero-order valence-electron chi connectivity index (χ0n) is 16.1. The molecule has 0 atom stereocenters. The summed E-state index contributed by atoms with van der Waals surface area (Å²) < 4.78 is 6.45. The number of aryl methyl sites for hydroxylation is 4. The Balaban J connectivity index is 1.69. The minimum Gasteiger partial charge on any atom is -0.465 e. The van der Waals surface area contributed by atoms with Gasteiger partial charge in [0.2, 0.25) is 0 Å². The predicted octanol–water partition coefficient (Wildman–Crippen LogP) is 3.52. The van der Waals surface area contributed by atoms with E-state index < -0.39 is 5.97 Å². The topological polar surface area (TPSA) is 77.0 Å². The lowest BCUT2D eigenvalue weighted by atomic mass is 10.1. The number of rotatable bonds is 4. The number of hydrogen-bond acceptors (Lipinski definition) is 4. The number of hydrogen-bond donors (Lipinski definition) is 1. The van der Waals surface area contributed by atoms with Gasteiger partial charge >= 0.3 is 5.97 Å². The molecule has 3 heterocycles. The van der Waals surface area contributed by atoms with Crippen molar-refractivity contribution in [3.8, 4) is 0 Å². The Bertz CT molecular complexity index is 1270. The van der Waals surface area contributed by atoms with Crippen LogP contribution in [-0.4, -0.2) is 27.6 Å². The maximum absolute atomic E-state index is 12.9. The Labute approximate surface area is 161 Å². The number of benzene rings is 1. The van der Waals surface area contributed by atoms with Crippen molar-refractivity contribution in [2.24, 2.45) is 0 Å². The molecule has 0 aliphatic carbocycles. The summed E-state index contributed by atoms with van der Waals surface area (Å²) >= 11 is 0. The molecule has 0 aliphatic rings. The fourth-order valence-electron chi connectivity index (χ4n) is 3.54. The number of aromatic nitrogens is 3. The lowest BCUT2D eigenvalue weighted by molar-refractivity contribution is 0.0599. The summed E-state index contributed by atoms with van der Waals surface area (Å²) in [6, 6.07) is 9.68. The zero-order valence-corrected chi connectivity index (χ0v) is 16.1. The van der Waals surface area contributed by atoms with Gasteiger partial charge < -0.3 is 14.3 Å². The summed E-state index contributed by atoms with van der Waals surface area (Å²) in [6.45, 7) is 4.34. The summed E-state index contributed by atoms with van der Waals surface area (Å²) in [6.07, 6.45) is 4.48. The highest BCUT2D eigenvalue weighted by Crippen LogP contribution is 2.20. The standard InChI is InChI=1S/C22H21N3O3/c1-13-4-5-19-17(10-13)15(12-23-19)6-8-25-9-7-20-18(21(25)26)11-16(14(2)24-20)22(27)28-3/h4-5,7,9-12,23H,6,8H2,1-3H3. The molecule has 4 rings (SSSR count). The average molecular weight is 375 g/mol. The molecule has 0 bridgehead atoms. The van der Waals surface area contributed by atoms with Gasteiger partial charge in [-0.2, -0.15) is 0 Å². The molecular weight excluding hydrogens is 354 g/mol. The van der Waals surface area contributed by atoms with Gasteiger partial charge in [0.1, 0.15) is 0 Å². The monoisotopic (exact) mass is 375 g/mol. The molecule has 0 amide bonds. The summed E-state index contributed by atoms with van der Waals surface area (Å²) in [5.74, 6) is -0.490. The highest BCUT2D eigenvalue weighted by Gasteiger charge is 2.14. The van der Waals surface area contributed by atoms with Gasteiger partial charge in [0.25, 0.3) is 5.56 Å². The van der Waals surface area contributed by atoms with Crippen LogP contribution >= 0.6 is 0 Å². The van der Waals surface area contributed by atoms with E-state index in [4.69, 9.17) is 4.74 Å². The first kappa shape index (κ1) is 18.0. The Morgan fingerprint density at radius 2 is 2.00 bits per heavy atom. The van der Waals surface area contributed by atoms with E-state index in [0.29, 0.717) is 28.7 Å². The largest absolute Gasteiger partial charge is 0.465 e. The third-order valence-corrected chi connectivity index (χ3v) is 5.10. The number of pyridine rings is 2. The summed E-state index contributed by atoms with van der Waals surface area (Å²) in [5.41, 5.74) is 4.74. The summed E-state index contributed by atoms with van der Waals surface area (Å²) in [4.78, 5) is 32.5. The van der Waals surface area contributed by atoms with E-state index in [1.807, 2.05) is 12.3 Å². The second kappa shape index (κ2) is 6.96. The Morgan fingerprint density at radius 1 is 1.18 bits per heavy atom. The van der Waals surface area contributed by atoms with Crippen LogP contribution in [0.5, 0.6) is 0 Å². The minimum atomic E-state index is -0.490. The van der Waals surface area contributed by atoms with Crippen LogP contribution in [0, 0.1) is 13.8 Å². The molecule has 142 valence electrons. The lowest BCUT2D eigenvalue weighted by Crippen LogP contribution is -2.21. The maximum atomic E-state index is 12.9. The number of aromatic amines is 1. The normalized spacial score (nSPS) is 11.2. The van der Waals surface area contributed by atoms with Crippen LogP contribution in [0.1, 0.15) is 27.2 Å². The zero-order chi connectivity index (χ0) is 19.8. The second-order valence-corrected chi connectivity index (χ2v) is 6.97. The van der Waals surface area contributed by atoms with Gasteiger partial charge in [-0.15, -0.1) is 0 Å². The van der Waals surface area contributed by atoms with E-state index in [1.54, 1.807) is 23.8 Å². The van der Waals surface area contributed by atoms with Crippen molar-refractivity contribution < 1.29 is 9.53 Å². The Morgan fingerprint density at radius 3 is 2.79 bits per heavy atom. The van der Waals surface area contributed by atoms with Crippen LogP contribution < -0.4 is 5.56 Å². The maximum Gasteiger partial charge on any atom is 0.339 e. The molecule has 6 heteroatoms. The van der Waals surface area contributed by atoms with E-state index in [-0.39, 0.29) is 5.56 Å². The third-order valence-electron chi connectivity index (χ3n) is 5.10. The van der Waals surface area contributed by atoms with Gasteiger partial charge in [-0.1, -0.05) is 11.6 Å². The van der Waals surface area contributed by atoms with Crippen molar-refractivity contribution in [3.05, 3.63) is 75.5 Å². The van der Waals surface area contributed by atoms with Crippen LogP contribution in [0.4, 0.5) is 0 Å². The van der Waals surface area contributed by atoms with Gasteiger partial charge in [0.15, 0.2) is 0 Å². The molecule has 0 fully saturated rings. The molecular formula is C22H21N3O3. The Hall–Kier alpha value is -3.41. The number of esters is 1. The van der Waals surface area contributed by atoms with E-state index in [9.17, 15) is 9.59 Å². The van der Waals surface area contributed by atoms with E-state index in [2.05, 4.69) is 35.1 Å². The number of H-pyrrole nitrogens is 1. The van der Waals surface area contributed by atoms with Crippen LogP contribution in [-0.2, 0) is 17.7 Å². The molecule has 28 heavy (non-hydrogen) atoms. The quantitative estimate of drug-likeness (QED) is 0.554. The van der Waals surface area contributed by atoms with Gasteiger partial charge in [0, 0.05) is 29.8 Å². The molecule has 0 saturated heterocycles. The molecule has 0 saturated carbocycles. The average Bonchev–Trinajstić information content (AvgIpc) is 3.08. The smallest absolute Gasteiger partial charge is 0.339 e. The van der Waals surface area contributed by atoms with Crippen LogP contribution in [0.2, 0.25) is 0 Å². The first-order valence-electron chi connectivity index (χ1n) is 9.13. The highest BCUT2D eigenvalue weighted by molar-refractivity contribution is 5.94. The molecule has 0 radical (unpaired) electrons. The Kier molecular flexibility index (Phi) is 4.47. The number of nitrogens with one attached hydrogen (secondary N) is 1. The third kappa shape index (κ3) is 3.07. The number of nitrogens with zero attached hydrogens (tertiary/aromatic N) is 2. The highest BCUT2D eigenvalue weighted by atomic mass is 16.5. The molecule has 0 aliphatic heterocycles. The van der Waals surface area contributed by atoms with Crippen molar-refractivity contribution in [3.63, 3.8) is 0 Å². The number of ether oxygens (including phenoxy) is 1. The first-order chi connectivity index (χ1) is 13.5. The molecule has 0 unspecified atom stereocenters. The fourth-order valence-corrected chi connectivity index (χ4v) is 3.54. The number of carbonyl (C=O) groups excluding carboxylic acids is 1. The van der Waals surface area contributed by atoms with Crippen LogP contribution in [0.25, 0.3) is 21.8 Å². The number of fused-ring (bicyclic) bond motifs is 2. The summed E-state index contributed by atoms with van der Waals surface area (Å²) in [7, 11) is 1.32. The molecule has 0 spiro atoms. The molecule has 1 aromatic carbocycles. The van der Waals surface area contributed by atoms with Crippen molar-refractivity contribution >= 4 is 27.8 Å². The lowest BCUT2D eigenvalue weighted by Gasteiger charge is -2.09.